The Kier molecular flexibility index (Phi) is 3.58. The van der Waals surface area contributed by atoms with Crippen LogP contribution in [-0.2, 0) is 0 Å². The van der Waals surface area contributed by atoms with E-state index in [2.05, 4.69) is 5.32 Å². The van der Waals surface area contributed by atoms with E-state index in [0.29, 0.717) is 5.92 Å². The maximum Gasteiger partial charge on any atom is 0.261 e. The zero-order valence-corrected chi connectivity index (χ0v) is 11.9. The van der Waals surface area contributed by atoms with Crippen molar-refractivity contribution in [2.75, 3.05) is 6.54 Å². The molecule has 1 fully saturated rings. The first-order valence-electron chi connectivity index (χ1n) is 6.36. The van der Waals surface area contributed by atoms with E-state index < -0.39 is 0 Å². The van der Waals surface area contributed by atoms with Gasteiger partial charge in [-0.3, -0.25) is 4.79 Å². The van der Waals surface area contributed by atoms with Gasteiger partial charge in [0, 0.05) is 16.4 Å². The number of carbonyl (C=O) groups is 1. The van der Waals surface area contributed by atoms with E-state index in [4.69, 9.17) is 11.6 Å². The minimum absolute atomic E-state index is 0.0390. The molecule has 0 saturated heterocycles. The van der Waals surface area contributed by atoms with Crippen molar-refractivity contribution in [2.45, 2.75) is 12.8 Å². The third-order valence-electron chi connectivity index (χ3n) is 3.21. The van der Waals surface area contributed by atoms with Crippen molar-refractivity contribution in [3.05, 3.63) is 46.3 Å². The van der Waals surface area contributed by atoms with Gasteiger partial charge in [0.15, 0.2) is 0 Å². The monoisotopic (exact) mass is 291 g/mol. The molecule has 0 atom stereocenters. The molecular weight excluding hydrogens is 278 g/mol. The molecule has 1 N–H and O–H groups in total. The van der Waals surface area contributed by atoms with Gasteiger partial charge >= 0.3 is 0 Å². The summed E-state index contributed by atoms with van der Waals surface area (Å²) in [6.45, 7) is 0.813. The molecule has 1 amide bonds. The highest BCUT2D eigenvalue weighted by atomic mass is 35.5. The third-order valence-corrected chi connectivity index (χ3v) is 4.59. The molecule has 0 aliphatic heterocycles. The van der Waals surface area contributed by atoms with Crippen LogP contribution < -0.4 is 5.32 Å². The van der Waals surface area contributed by atoms with Gasteiger partial charge in [-0.2, -0.15) is 0 Å². The number of amides is 1. The summed E-state index contributed by atoms with van der Waals surface area (Å²) < 4.78 is 0. The van der Waals surface area contributed by atoms with E-state index in [1.807, 2.05) is 36.4 Å². The molecule has 19 heavy (non-hydrogen) atoms. The Morgan fingerprint density at radius 1 is 1.21 bits per heavy atom. The van der Waals surface area contributed by atoms with Gasteiger partial charge in [-0.15, -0.1) is 11.3 Å². The molecule has 2 nitrogen and oxygen atoms in total. The second-order valence-electron chi connectivity index (χ2n) is 4.82. The normalized spacial score (nSPS) is 14.4. The molecule has 1 aliphatic rings. The first-order chi connectivity index (χ1) is 9.22. The summed E-state index contributed by atoms with van der Waals surface area (Å²) in [5.74, 6) is 0.747. The molecule has 0 spiro atoms. The Morgan fingerprint density at radius 2 is 1.95 bits per heavy atom. The quantitative estimate of drug-likeness (QED) is 0.898. The molecule has 1 saturated carbocycles. The number of benzene rings is 1. The van der Waals surface area contributed by atoms with Gasteiger partial charge < -0.3 is 5.32 Å². The predicted octanol–water partition coefficient (Wildman–Crippen LogP) is 4.21. The first-order valence-corrected chi connectivity index (χ1v) is 7.56. The minimum Gasteiger partial charge on any atom is -0.351 e. The van der Waals surface area contributed by atoms with Crippen molar-refractivity contribution in [3.8, 4) is 10.4 Å². The molecule has 3 rings (SSSR count). The molecule has 0 bridgehead atoms. The van der Waals surface area contributed by atoms with E-state index in [0.717, 1.165) is 26.9 Å². The zero-order valence-electron chi connectivity index (χ0n) is 10.4. The standard InChI is InChI=1S/C15H14ClNOS/c16-12-5-3-11(4-6-12)13-7-8-14(19-13)15(18)17-9-10-1-2-10/h3-8,10H,1-2,9H2,(H,17,18). The van der Waals surface area contributed by atoms with E-state index in [1.54, 1.807) is 0 Å². The Balaban J connectivity index is 1.71. The summed E-state index contributed by atoms with van der Waals surface area (Å²) in [5.41, 5.74) is 1.09. The molecule has 0 radical (unpaired) electrons. The molecule has 1 heterocycles. The van der Waals surface area contributed by atoms with Crippen LogP contribution in [0.3, 0.4) is 0 Å². The fourth-order valence-electron chi connectivity index (χ4n) is 1.88. The van der Waals surface area contributed by atoms with Crippen molar-refractivity contribution >= 4 is 28.8 Å². The fraction of sp³-hybridized carbons (Fsp3) is 0.267. The number of hydrogen-bond donors (Lipinski definition) is 1. The third kappa shape index (κ3) is 3.17. The van der Waals surface area contributed by atoms with Crippen molar-refractivity contribution < 1.29 is 4.79 Å². The lowest BCUT2D eigenvalue weighted by atomic mass is 10.2. The van der Waals surface area contributed by atoms with Gasteiger partial charge in [-0.05, 0) is 48.6 Å². The molecule has 2 aromatic rings. The lowest BCUT2D eigenvalue weighted by Crippen LogP contribution is -2.24. The lowest BCUT2D eigenvalue weighted by Gasteiger charge is -2.01. The van der Waals surface area contributed by atoms with E-state index in [1.165, 1.54) is 24.2 Å². The van der Waals surface area contributed by atoms with Crippen LogP contribution in [0.5, 0.6) is 0 Å². The number of halogens is 1. The summed E-state index contributed by atoms with van der Waals surface area (Å²) in [7, 11) is 0. The van der Waals surface area contributed by atoms with Crippen LogP contribution in [0.15, 0.2) is 36.4 Å². The summed E-state index contributed by atoms with van der Waals surface area (Å²) in [5, 5.41) is 3.71. The minimum atomic E-state index is 0.0390. The summed E-state index contributed by atoms with van der Waals surface area (Å²) in [4.78, 5) is 13.8. The van der Waals surface area contributed by atoms with Gasteiger partial charge in [0.05, 0.1) is 4.88 Å². The number of hydrogen-bond acceptors (Lipinski definition) is 2. The van der Waals surface area contributed by atoms with Gasteiger partial charge in [0.1, 0.15) is 0 Å². The zero-order chi connectivity index (χ0) is 13.2. The Hall–Kier alpha value is -1.32. The van der Waals surface area contributed by atoms with Crippen molar-refractivity contribution in [2.24, 2.45) is 5.92 Å². The number of nitrogens with one attached hydrogen (secondary N) is 1. The SMILES string of the molecule is O=C(NCC1CC1)c1ccc(-c2ccc(Cl)cc2)s1. The van der Waals surface area contributed by atoms with Crippen LogP contribution >= 0.6 is 22.9 Å². The highest BCUT2D eigenvalue weighted by molar-refractivity contribution is 7.17. The Morgan fingerprint density at radius 3 is 2.63 bits per heavy atom. The Labute approximate surface area is 121 Å². The smallest absolute Gasteiger partial charge is 0.261 e. The fourth-order valence-corrected chi connectivity index (χ4v) is 2.93. The van der Waals surface area contributed by atoms with E-state index >= 15 is 0 Å². The van der Waals surface area contributed by atoms with Crippen LogP contribution in [0.4, 0.5) is 0 Å². The highest BCUT2D eigenvalue weighted by Crippen LogP contribution is 2.30. The number of thiophene rings is 1. The Bertz CT molecular complexity index is 586. The van der Waals surface area contributed by atoms with Crippen LogP contribution in [-0.4, -0.2) is 12.5 Å². The second kappa shape index (κ2) is 5.35. The maximum atomic E-state index is 12.0. The van der Waals surface area contributed by atoms with Crippen molar-refractivity contribution in [3.63, 3.8) is 0 Å². The molecule has 1 aromatic carbocycles. The predicted molar refractivity (Wildman–Crippen MR) is 79.8 cm³/mol. The van der Waals surface area contributed by atoms with Crippen LogP contribution in [0.1, 0.15) is 22.5 Å². The summed E-state index contributed by atoms with van der Waals surface area (Å²) in [6, 6.07) is 11.5. The van der Waals surface area contributed by atoms with Crippen molar-refractivity contribution in [1.29, 1.82) is 0 Å². The van der Waals surface area contributed by atoms with E-state index in [9.17, 15) is 4.79 Å². The topological polar surface area (TPSA) is 29.1 Å². The van der Waals surface area contributed by atoms with Crippen LogP contribution in [0.25, 0.3) is 10.4 Å². The molecular formula is C15H14ClNOS. The largest absolute Gasteiger partial charge is 0.351 e. The molecule has 0 unspecified atom stereocenters. The average Bonchev–Trinajstić information content (AvgIpc) is 3.12. The summed E-state index contributed by atoms with van der Waals surface area (Å²) >= 11 is 7.39. The van der Waals surface area contributed by atoms with Crippen LogP contribution in [0.2, 0.25) is 5.02 Å². The van der Waals surface area contributed by atoms with Gasteiger partial charge in [0.25, 0.3) is 5.91 Å². The molecule has 4 heteroatoms. The van der Waals surface area contributed by atoms with E-state index in [-0.39, 0.29) is 5.91 Å². The van der Waals surface area contributed by atoms with Gasteiger partial charge in [-0.1, -0.05) is 23.7 Å². The number of carbonyl (C=O) groups excluding carboxylic acids is 1. The maximum absolute atomic E-state index is 12.0. The van der Waals surface area contributed by atoms with Gasteiger partial charge in [0.2, 0.25) is 0 Å². The van der Waals surface area contributed by atoms with Gasteiger partial charge in [-0.25, -0.2) is 0 Å². The first kappa shape index (κ1) is 12.7. The second-order valence-corrected chi connectivity index (χ2v) is 6.34. The molecule has 1 aromatic heterocycles. The number of rotatable bonds is 4. The molecule has 1 aliphatic carbocycles. The molecule has 98 valence electrons. The average molecular weight is 292 g/mol. The highest BCUT2D eigenvalue weighted by Gasteiger charge is 2.22. The van der Waals surface area contributed by atoms with Crippen molar-refractivity contribution in [1.82, 2.24) is 5.32 Å². The summed E-state index contributed by atoms with van der Waals surface area (Å²) in [6.07, 6.45) is 2.50. The van der Waals surface area contributed by atoms with Crippen LogP contribution in [0, 0.1) is 5.92 Å². The lowest BCUT2D eigenvalue weighted by molar-refractivity contribution is 0.0956.